The van der Waals surface area contributed by atoms with Gasteiger partial charge in [-0.2, -0.15) is 22.0 Å². The number of alkyl halides is 5. The predicted molar refractivity (Wildman–Crippen MR) is 142 cm³/mol. The monoisotopic (exact) mass is 583 g/mol. The molecule has 0 atom stereocenters. The van der Waals surface area contributed by atoms with E-state index in [1.54, 1.807) is 24.3 Å². The molecule has 3 aromatic carbocycles. The van der Waals surface area contributed by atoms with E-state index in [2.05, 4.69) is 11.7 Å². The van der Waals surface area contributed by atoms with E-state index >= 15 is 0 Å². The molecule has 204 valence electrons. The van der Waals surface area contributed by atoms with Crippen LogP contribution in [0.5, 0.6) is 5.75 Å². The maximum Gasteiger partial charge on any atom is 0.416 e. The summed E-state index contributed by atoms with van der Waals surface area (Å²) in [6, 6.07) is 12.5. The van der Waals surface area contributed by atoms with Crippen LogP contribution >= 0.6 is 23.2 Å². The number of carbonyl (C=O) groups is 1. The standard InChI is InChI=1S/C27H20Cl2F5N3O2/c1-26(30,31)24(35)13-22(36-2)20-10-8-18(12-23(20)38)37(14-15-3-6-17(28)7-4-15)25(39)19-9-5-16(11-21(19)29)27(32,33)34/h3-13,35,38H,2,14H2,1H3/b22-13-,35-24?. The van der Waals surface area contributed by atoms with Gasteiger partial charge in [-0.25, -0.2) is 0 Å². The van der Waals surface area contributed by atoms with Crippen molar-refractivity contribution in [2.75, 3.05) is 4.90 Å². The lowest BCUT2D eigenvalue weighted by Gasteiger charge is -2.25. The van der Waals surface area contributed by atoms with Gasteiger partial charge in [-0.1, -0.05) is 35.3 Å². The third kappa shape index (κ3) is 7.21. The van der Waals surface area contributed by atoms with E-state index in [1.165, 1.54) is 12.1 Å². The molecular weight excluding hydrogens is 564 g/mol. The van der Waals surface area contributed by atoms with Crippen molar-refractivity contribution in [3.05, 3.63) is 99.0 Å². The first-order valence-electron chi connectivity index (χ1n) is 11.0. The van der Waals surface area contributed by atoms with Crippen LogP contribution < -0.4 is 4.90 Å². The fourth-order valence-electron chi connectivity index (χ4n) is 3.44. The van der Waals surface area contributed by atoms with Gasteiger partial charge in [0, 0.05) is 29.3 Å². The lowest BCUT2D eigenvalue weighted by Crippen LogP contribution is -2.30. The highest BCUT2D eigenvalue weighted by atomic mass is 35.5. The molecule has 39 heavy (non-hydrogen) atoms. The fourth-order valence-corrected chi connectivity index (χ4v) is 3.83. The van der Waals surface area contributed by atoms with E-state index in [9.17, 15) is 31.9 Å². The molecule has 0 aliphatic rings. The SMILES string of the molecule is C=N/C(=C\C(=N)C(C)(F)F)c1ccc(N(Cc2ccc(Cl)cc2)C(=O)c2ccc(C(F)(F)F)cc2Cl)cc1O. The van der Waals surface area contributed by atoms with Crippen LogP contribution in [0.3, 0.4) is 0 Å². The van der Waals surface area contributed by atoms with Crippen molar-refractivity contribution >= 4 is 52.9 Å². The molecule has 2 N–H and O–H groups in total. The number of benzene rings is 3. The van der Waals surface area contributed by atoms with Gasteiger partial charge >= 0.3 is 6.18 Å². The first-order chi connectivity index (χ1) is 18.1. The van der Waals surface area contributed by atoms with E-state index in [0.29, 0.717) is 23.6 Å². The van der Waals surface area contributed by atoms with Gasteiger partial charge in [-0.15, -0.1) is 0 Å². The first-order valence-corrected chi connectivity index (χ1v) is 11.8. The van der Waals surface area contributed by atoms with Crippen LogP contribution in [0.1, 0.15) is 34.0 Å². The van der Waals surface area contributed by atoms with E-state index in [-0.39, 0.29) is 29.1 Å². The van der Waals surface area contributed by atoms with Crippen LogP contribution in [0.2, 0.25) is 10.0 Å². The molecule has 0 saturated heterocycles. The number of halogens is 7. The summed E-state index contributed by atoms with van der Waals surface area (Å²) in [5.74, 6) is -4.72. The minimum Gasteiger partial charge on any atom is -0.507 e. The summed E-state index contributed by atoms with van der Waals surface area (Å²) in [6.45, 7) is 3.73. The minimum atomic E-state index is -4.67. The van der Waals surface area contributed by atoms with Gasteiger partial charge in [0.05, 0.1) is 28.4 Å². The number of nitrogens with zero attached hydrogens (tertiary/aromatic N) is 2. The lowest BCUT2D eigenvalue weighted by atomic mass is 10.1. The number of rotatable bonds is 8. The molecule has 1 amide bonds. The summed E-state index contributed by atoms with van der Waals surface area (Å²) in [5.41, 5.74) is -1.90. The Morgan fingerprint density at radius 1 is 1.03 bits per heavy atom. The molecule has 0 fully saturated rings. The number of aromatic hydroxyl groups is 1. The third-order valence-electron chi connectivity index (χ3n) is 5.52. The van der Waals surface area contributed by atoms with Crippen LogP contribution in [-0.2, 0) is 12.7 Å². The first kappa shape index (κ1) is 29.8. The molecule has 0 aromatic heterocycles. The van der Waals surface area contributed by atoms with Gasteiger partial charge in [0.25, 0.3) is 11.8 Å². The molecule has 0 bridgehead atoms. The summed E-state index contributed by atoms with van der Waals surface area (Å²) in [4.78, 5) is 18.3. The van der Waals surface area contributed by atoms with Gasteiger partial charge in [0.1, 0.15) is 11.5 Å². The van der Waals surface area contributed by atoms with Crippen molar-refractivity contribution in [1.82, 2.24) is 0 Å². The normalized spacial score (nSPS) is 12.3. The molecule has 0 aliphatic carbocycles. The number of amides is 1. The van der Waals surface area contributed by atoms with Gasteiger partial charge in [0.2, 0.25) is 0 Å². The predicted octanol–water partition coefficient (Wildman–Crippen LogP) is 8.28. The molecule has 0 unspecified atom stereocenters. The van der Waals surface area contributed by atoms with Crippen LogP contribution in [0.25, 0.3) is 5.70 Å². The molecule has 5 nitrogen and oxygen atoms in total. The number of allylic oxidation sites excluding steroid dienone is 1. The Hall–Kier alpha value is -3.76. The highest BCUT2D eigenvalue weighted by Gasteiger charge is 2.32. The summed E-state index contributed by atoms with van der Waals surface area (Å²) in [6.07, 6.45) is -3.92. The van der Waals surface area contributed by atoms with Gasteiger partial charge in [-0.3, -0.25) is 15.2 Å². The molecule has 3 rings (SSSR count). The van der Waals surface area contributed by atoms with Gasteiger partial charge in [0.15, 0.2) is 0 Å². The third-order valence-corrected chi connectivity index (χ3v) is 6.08. The van der Waals surface area contributed by atoms with Gasteiger partial charge in [-0.05, 0) is 60.8 Å². The van der Waals surface area contributed by atoms with E-state index in [1.807, 2.05) is 0 Å². The van der Waals surface area contributed by atoms with E-state index in [4.69, 9.17) is 28.6 Å². The number of hydrogen-bond donors (Lipinski definition) is 2. The number of hydrogen-bond acceptors (Lipinski definition) is 4. The number of phenolic OH excluding ortho intramolecular Hbond substituents is 1. The summed E-state index contributed by atoms with van der Waals surface area (Å²) in [5, 5.41) is 18.2. The van der Waals surface area contributed by atoms with Crippen molar-refractivity contribution < 1.29 is 31.9 Å². The molecule has 12 heteroatoms. The lowest BCUT2D eigenvalue weighted by molar-refractivity contribution is -0.137. The Labute approximate surface area is 230 Å². The smallest absolute Gasteiger partial charge is 0.416 e. The Morgan fingerprint density at radius 2 is 1.64 bits per heavy atom. The van der Waals surface area contributed by atoms with Crippen molar-refractivity contribution in [2.24, 2.45) is 4.99 Å². The second-order valence-corrected chi connectivity index (χ2v) is 9.24. The number of carbonyl (C=O) groups excluding carboxylic acids is 1. The minimum absolute atomic E-state index is 0.0470. The van der Waals surface area contributed by atoms with E-state index < -0.39 is 40.1 Å². The summed E-state index contributed by atoms with van der Waals surface area (Å²) < 4.78 is 66.3. The maximum absolute atomic E-state index is 13.5. The molecule has 3 aromatic rings. The zero-order valence-corrected chi connectivity index (χ0v) is 21.7. The highest BCUT2D eigenvalue weighted by molar-refractivity contribution is 6.34. The maximum atomic E-state index is 13.5. The van der Waals surface area contributed by atoms with Gasteiger partial charge < -0.3 is 10.0 Å². The largest absolute Gasteiger partial charge is 0.507 e. The van der Waals surface area contributed by atoms with Crippen LogP contribution in [-0.4, -0.2) is 29.4 Å². The van der Waals surface area contributed by atoms with E-state index in [0.717, 1.165) is 29.2 Å². The Balaban J connectivity index is 2.08. The molecule has 0 saturated carbocycles. The molecule has 0 heterocycles. The number of anilines is 1. The molecule has 0 radical (unpaired) electrons. The second kappa shape index (κ2) is 11.5. The zero-order valence-electron chi connectivity index (χ0n) is 20.2. The fraction of sp³-hybridized carbons (Fsp3) is 0.148. The van der Waals surface area contributed by atoms with Crippen LogP contribution in [0, 0.1) is 5.41 Å². The number of nitrogens with one attached hydrogen (secondary N) is 1. The number of aliphatic imine (C=N–C) groups is 1. The van der Waals surface area contributed by atoms with Crippen molar-refractivity contribution in [2.45, 2.75) is 25.6 Å². The summed E-state index contributed by atoms with van der Waals surface area (Å²) >= 11 is 12.0. The number of phenols is 1. The van der Waals surface area contributed by atoms with Crippen molar-refractivity contribution in [3.63, 3.8) is 0 Å². The molecular formula is C27H20Cl2F5N3O2. The quantitative estimate of drug-likeness (QED) is 0.207. The van der Waals surface area contributed by atoms with Crippen molar-refractivity contribution in [3.8, 4) is 5.75 Å². The zero-order chi connectivity index (χ0) is 29.1. The Morgan fingerprint density at radius 3 is 2.15 bits per heavy atom. The summed E-state index contributed by atoms with van der Waals surface area (Å²) in [7, 11) is 0. The highest BCUT2D eigenvalue weighted by Crippen LogP contribution is 2.35. The Kier molecular flexibility index (Phi) is 8.82. The topological polar surface area (TPSA) is 76.8 Å². The Bertz CT molecular complexity index is 1450. The van der Waals surface area contributed by atoms with Crippen LogP contribution in [0.15, 0.2) is 71.7 Å². The van der Waals surface area contributed by atoms with Crippen molar-refractivity contribution in [1.29, 1.82) is 5.41 Å². The molecule has 0 spiro atoms. The molecule has 0 aliphatic heterocycles. The average molecular weight is 584 g/mol. The van der Waals surface area contributed by atoms with Crippen LogP contribution in [0.4, 0.5) is 27.6 Å². The second-order valence-electron chi connectivity index (χ2n) is 8.40. The average Bonchev–Trinajstić information content (AvgIpc) is 2.85.